The number of hydrogen-bond donors (Lipinski definition) is 2. The first kappa shape index (κ1) is 25.2. The highest BCUT2D eigenvalue weighted by molar-refractivity contribution is 5.48. The van der Waals surface area contributed by atoms with E-state index in [9.17, 15) is 10.2 Å². The van der Waals surface area contributed by atoms with Crippen LogP contribution in [0.1, 0.15) is 5.56 Å². The van der Waals surface area contributed by atoms with Gasteiger partial charge in [0.05, 0.1) is 14.2 Å². The van der Waals surface area contributed by atoms with Gasteiger partial charge in [-0.15, -0.1) is 0 Å². The maximum Gasteiger partial charge on any atom is 0.119 e. The molecule has 0 heterocycles. The average Bonchev–Trinajstić information content (AvgIpc) is 2.87. The van der Waals surface area contributed by atoms with Crippen molar-refractivity contribution < 1.29 is 29.2 Å². The summed E-state index contributed by atoms with van der Waals surface area (Å²) in [6.45, 7) is 2.83. The Morgan fingerprint density at radius 1 is 0.618 bits per heavy atom. The first-order chi connectivity index (χ1) is 16.5. The Morgan fingerprint density at radius 3 is 1.38 bits per heavy atom. The maximum atomic E-state index is 10.7. The van der Waals surface area contributed by atoms with Crippen molar-refractivity contribution in [3.05, 3.63) is 78.4 Å². The number of nitrogens with zero attached hydrogens (tertiary/aromatic N) is 1. The lowest BCUT2D eigenvalue weighted by Crippen LogP contribution is -2.41. The molecule has 34 heavy (non-hydrogen) atoms. The topological polar surface area (TPSA) is 80.6 Å². The number of aliphatic hydroxyl groups is 2. The molecule has 7 nitrogen and oxygen atoms in total. The van der Waals surface area contributed by atoms with Crippen LogP contribution in [0.15, 0.2) is 72.8 Å². The van der Waals surface area contributed by atoms with Gasteiger partial charge in [0.15, 0.2) is 0 Å². The Bertz CT molecular complexity index is 916. The van der Waals surface area contributed by atoms with Crippen LogP contribution < -0.4 is 23.8 Å². The van der Waals surface area contributed by atoms with E-state index >= 15 is 0 Å². The van der Waals surface area contributed by atoms with Gasteiger partial charge in [0.25, 0.3) is 0 Å². The summed E-state index contributed by atoms with van der Waals surface area (Å²) >= 11 is 0. The second kappa shape index (κ2) is 12.7. The Hall–Kier alpha value is -3.42. The predicted octanol–water partition coefficient (Wildman–Crippen LogP) is 3.70. The van der Waals surface area contributed by atoms with Crippen molar-refractivity contribution >= 4 is 5.69 Å². The van der Waals surface area contributed by atoms with Gasteiger partial charge < -0.3 is 34.1 Å². The SMILES string of the molecule is COc1ccc(OC[C@@H](O)CN(C[C@@H](O)COc2ccc(OC)cc2)c2ccc(C)cc2)cc1. The van der Waals surface area contributed by atoms with Crippen LogP contribution in [0, 0.1) is 6.92 Å². The fourth-order valence-corrected chi connectivity index (χ4v) is 3.38. The molecule has 0 aliphatic rings. The van der Waals surface area contributed by atoms with Crippen molar-refractivity contribution in [1.82, 2.24) is 0 Å². The van der Waals surface area contributed by atoms with Crippen molar-refractivity contribution in [3.8, 4) is 23.0 Å². The van der Waals surface area contributed by atoms with E-state index in [0.29, 0.717) is 24.6 Å². The number of rotatable bonds is 13. The summed E-state index contributed by atoms with van der Waals surface area (Å²) in [5, 5.41) is 21.3. The number of hydrogen-bond acceptors (Lipinski definition) is 7. The first-order valence-corrected chi connectivity index (χ1v) is 11.2. The van der Waals surface area contributed by atoms with Crippen LogP contribution >= 0.6 is 0 Å². The largest absolute Gasteiger partial charge is 0.497 e. The molecule has 0 saturated carbocycles. The van der Waals surface area contributed by atoms with Crippen LogP contribution in [0.25, 0.3) is 0 Å². The Kier molecular flexibility index (Phi) is 9.43. The molecule has 2 atom stereocenters. The minimum absolute atomic E-state index is 0.118. The van der Waals surface area contributed by atoms with E-state index in [-0.39, 0.29) is 13.2 Å². The summed E-state index contributed by atoms with van der Waals surface area (Å²) in [7, 11) is 3.21. The molecule has 0 unspecified atom stereocenters. The zero-order valence-corrected chi connectivity index (χ0v) is 19.9. The van der Waals surface area contributed by atoms with Crippen molar-refractivity contribution in [1.29, 1.82) is 0 Å². The molecule has 7 heteroatoms. The van der Waals surface area contributed by atoms with Gasteiger partial charge in [-0.25, -0.2) is 0 Å². The average molecular weight is 468 g/mol. The summed E-state index contributed by atoms with van der Waals surface area (Å²) in [6, 6.07) is 22.4. The molecule has 182 valence electrons. The molecule has 3 aromatic carbocycles. The molecule has 2 N–H and O–H groups in total. The van der Waals surface area contributed by atoms with Crippen molar-refractivity contribution in [2.24, 2.45) is 0 Å². The fraction of sp³-hybridized carbons (Fsp3) is 0.333. The molecule has 3 rings (SSSR count). The van der Waals surface area contributed by atoms with E-state index in [1.165, 1.54) is 0 Å². The lowest BCUT2D eigenvalue weighted by molar-refractivity contribution is 0.0954. The zero-order chi connectivity index (χ0) is 24.3. The van der Waals surface area contributed by atoms with Gasteiger partial charge in [-0.1, -0.05) is 17.7 Å². The summed E-state index contributed by atoms with van der Waals surface area (Å²) < 4.78 is 21.7. The molecule has 0 aliphatic heterocycles. The Balaban J connectivity index is 1.57. The van der Waals surface area contributed by atoms with Crippen molar-refractivity contribution in [2.45, 2.75) is 19.1 Å². The maximum absolute atomic E-state index is 10.7. The number of ether oxygens (including phenoxy) is 4. The molecule has 0 fully saturated rings. The molecule has 0 amide bonds. The first-order valence-electron chi connectivity index (χ1n) is 11.2. The van der Waals surface area contributed by atoms with E-state index in [1.54, 1.807) is 62.8 Å². The summed E-state index contributed by atoms with van der Waals surface area (Å²) in [5.41, 5.74) is 2.04. The molecular weight excluding hydrogens is 434 g/mol. The molecule has 0 aliphatic carbocycles. The number of anilines is 1. The van der Waals surface area contributed by atoms with Gasteiger partial charge in [-0.05, 0) is 67.6 Å². The molecule has 0 spiro atoms. The summed E-state index contributed by atoms with van der Waals surface area (Å²) in [4.78, 5) is 1.93. The Labute approximate surface area is 201 Å². The number of aliphatic hydroxyl groups excluding tert-OH is 2. The molecule has 0 radical (unpaired) electrons. The highest BCUT2D eigenvalue weighted by Gasteiger charge is 2.18. The minimum Gasteiger partial charge on any atom is -0.497 e. The van der Waals surface area contributed by atoms with Gasteiger partial charge in [0, 0.05) is 18.8 Å². The van der Waals surface area contributed by atoms with Crippen molar-refractivity contribution in [2.75, 3.05) is 45.4 Å². The van der Waals surface area contributed by atoms with E-state index in [0.717, 1.165) is 22.7 Å². The third-order valence-corrected chi connectivity index (χ3v) is 5.27. The lowest BCUT2D eigenvalue weighted by Gasteiger charge is -2.29. The third kappa shape index (κ3) is 7.86. The van der Waals surface area contributed by atoms with E-state index in [1.807, 2.05) is 36.1 Å². The van der Waals surface area contributed by atoms with Gasteiger partial charge in [0.2, 0.25) is 0 Å². The standard InChI is InChI=1S/C27H33NO6/c1-20-4-6-21(7-5-20)28(16-22(29)18-33-26-12-8-24(31-2)9-13-26)17-23(30)19-34-27-14-10-25(32-3)11-15-27/h4-15,22-23,29-30H,16-19H2,1-3H3/t22-,23+. The fourth-order valence-electron chi connectivity index (χ4n) is 3.38. The van der Waals surface area contributed by atoms with E-state index < -0.39 is 12.2 Å². The zero-order valence-electron chi connectivity index (χ0n) is 19.9. The van der Waals surface area contributed by atoms with Gasteiger partial charge in [-0.2, -0.15) is 0 Å². The van der Waals surface area contributed by atoms with Gasteiger partial charge in [-0.3, -0.25) is 0 Å². The molecule has 0 aromatic heterocycles. The number of aryl methyl sites for hydroxylation is 1. The molecule has 3 aromatic rings. The molecule has 0 saturated heterocycles. The predicted molar refractivity (Wildman–Crippen MR) is 132 cm³/mol. The quantitative estimate of drug-likeness (QED) is 0.397. The second-order valence-electron chi connectivity index (χ2n) is 8.02. The van der Waals surface area contributed by atoms with Crippen LogP contribution in [-0.4, -0.2) is 62.9 Å². The highest BCUT2D eigenvalue weighted by atomic mass is 16.5. The number of benzene rings is 3. The lowest BCUT2D eigenvalue weighted by atomic mass is 10.2. The van der Waals surface area contributed by atoms with Crippen LogP contribution in [0.4, 0.5) is 5.69 Å². The Morgan fingerprint density at radius 2 is 1.00 bits per heavy atom. The van der Waals surface area contributed by atoms with Crippen LogP contribution in [0.2, 0.25) is 0 Å². The minimum atomic E-state index is -0.766. The summed E-state index contributed by atoms with van der Waals surface area (Å²) in [6.07, 6.45) is -1.53. The van der Waals surface area contributed by atoms with E-state index in [4.69, 9.17) is 18.9 Å². The summed E-state index contributed by atoms with van der Waals surface area (Å²) in [5.74, 6) is 2.78. The highest BCUT2D eigenvalue weighted by Crippen LogP contribution is 2.20. The normalized spacial score (nSPS) is 12.5. The van der Waals surface area contributed by atoms with Crippen molar-refractivity contribution in [3.63, 3.8) is 0 Å². The molecule has 0 bridgehead atoms. The third-order valence-electron chi connectivity index (χ3n) is 5.27. The number of methoxy groups -OCH3 is 2. The van der Waals surface area contributed by atoms with Crippen LogP contribution in [0.3, 0.4) is 0 Å². The van der Waals surface area contributed by atoms with Gasteiger partial charge in [0.1, 0.15) is 48.4 Å². The smallest absolute Gasteiger partial charge is 0.119 e. The monoisotopic (exact) mass is 467 g/mol. The van der Waals surface area contributed by atoms with Crippen LogP contribution in [-0.2, 0) is 0 Å². The van der Waals surface area contributed by atoms with Gasteiger partial charge >= 0.3 is 0 Å². The van der Waals surface area contributed by atoms with E-state index in [2.05, 4.69) is 0 Å². The van der Waals surface area contributed by atoms with Crippen LogP contribution in [0.5, 0.6) is 23.0 Å². The molecular formula is C27H33NO6. The second-order valence-corrected chi connectivity index (χ2v) is 8.02.